The molecule has 0 aromatic heterocycles. The SMILES string of the molecule is C.C.C.C.C[SiH](C)C.C[SiH](Cl)Cl.C[Si](C)(C)CCCCl.C[Si](C)(C)CCCN.C[Si](C)(C)CCCN=C=O.Cl[SiH](Cl)Cl.[2H]CC(=S)I.[3H]C(=S)I. The molecule has 0 fully saturated rings. The number of nitrogens with zero attached hydrogens (tertiary/aromatic N) is 1. The van der Waals surface area contributed by atoms with E-state index in [1.54, 1.807) is 28.7 Å². The van der Waals surface area contributed by atoms with Crippen molar-refractivity contribution in [3.63, 3.8) is 0 Å². The first-order chi connectivity index (χ1) is 20.9. The molecule has 0 aliphatic carbocycles. The van der Waals surface area contributed by atoms with Crippen molar-refractivity contribution >= 4 is 196 Å². The average molecular weight is 1190 g/mol. The number of aliphatic imine (C=N–C) groups is 1. The van der Waals surface area contributed by atoms with Gasteiger partial charge in [0.05, 0.1) is 10.8 Å². The number of carbonyl (C=O) groups excluding carboxylic acids is 1. The van der Waals surface area contributed by atoms with Crippen LogP contribution in [-0.4, -0.2) is 78.4 Å². The molecule has 0 aliphatic heterocycles. The van der Waals surface area contributed by atoms with Crippen molar-refractivity contribution in [1.29, 1.82) is 0 Å². The zero-order chi connectivity index (χ0) is 39.9. The lowest BCUT2D eigenvalue weighted by Crippen LogP contribution is -2.20. The maximum atomic E-state index is 9.65. The summed E-state index contributed by atoms with van der Waals surface area (Å²) >= 11 is 43.1. The van der Waals surface area contributed by atoms with Gasteiger partial charge >= 0.3 is 6.73 Å². The van der Waals surface area contributed by atoms with Crippen molar-refractivity contribution in [2.75, 3.05) is 19.0 Å². The lowest BCUT2D eigenvalue weighted by molar-refractivity contribution is 0.562. The normalized spacial score (nSPS) is 9.65. The van der Waals surface area contributed by atoms with E-state index in [1.807, 2.05) is 29.1 Å². The van der Waals surface area contributed by atoms with E-state index in [2.05, 4.69) is 108 Å². The monoisotopic (exact) mass is 1190 g/mol. The Morgan fingerprint density at radius 2 is 1.08 bits per heavy atom. The molecule has 0 radical (unpaired) electrons. The highest BCUT2D eigenvalue weighted by Crippen LogP contribution is 2.11. The third kappa shape index (κ3) is 295. The largest absolute Gasteiger partial charge is 0.330 e. The molecule has 0 heterocycles. The van der Waals surface area contributed by atoms with Crippen LogP contribution in [0.15, 0.2) is 4.99 Å². The molecule has 0 unspecified atom stereocenters. The van der Waals surface area contributed by atoms with Crippen LogP contribution in [0.5, 0.6) is 0 Å². The molecule has 19 heteroatoms. The Bertz CT molecular complexity index is 671. The van der Waals surface area contributed by atoms with Crippen LogP contribution in [0.2, 0.25) is 103 Å². The Morgan fingerprint density at radius 1 is 0.857 bits per heavy atom. The molecule has 0 bridgehead atoms. The van der Waals surface area contributed by atoms with Crippen molar-refractivity contribution in [3.05, 3.63) is 0 Å². The Kier molecular flexibility index (Phi) is 101. The molecule has 0 rings (SSSR count). The number of thiocarbonyl (C=S) groups is 2. The average Bonchev–Trinajstić information content (AvgIpc) is 2.82. The second-order valence-electron chi connectivity index (χ2n) is 13.4. The predicted molar refractivity (Wildman–Crippen MR) is 292 cm³/mol. The lowest BCUT2D eigenvalue weighted by atomic mass is 10.5. The third-order valence-corrected chi connectivity index (χ3v) is 9.28. The molecule has 0 aliphatic rings. The number of isocyanates is 1. The summed E-state index contributed by atoms with van der Waals surface area (Å²) in [6.07, 6.45) is 5.01. The minimum absolute atomic E-state index is 0. The summed E-state index contributed by atoms with van der Waals surface area (Å²) < 4.78 is 13.8. The standard InChI is InChI=1S/C7H15NOSi.C6H15ClSi.C6H17NSi.C3H10Si.C2H3IS.CH4Cl2Si.CHIS.4CH4.Cl3HSi/c1-10(2,3)6-4-5-8-7-9;2*1-8(2,3)6-4-5-7;1-4(2)3;1-2(3)4;1-4(2)3;2-1-3;;;;;1-4(2)3/h4-6H2,1-3H3;4-6H2,1-3H3;4-7H2,1-3H3;4H,1-3H3;1H3;4H,1H3;1H;4*1H4;4H/i;;;;1D;;1T;;;;;. The van der Waals surface area contributed by atoms with Gasteiger partial charge in [0.15, 0.2) is 0 Å². The second kappa shape index (κ2) is 63.9. The van der Waals surface area contributed by atoms with Crippen molar-refractivity contribution < 1.29 is 7.54 Å². The molecule has 310 valence electrons. The van der Waals surface area contributed by atoms with Crippen molar-refractivity contribution in [3.8, 4) is 0 Å². The van der Waals surface area contributed by atoms with Gasteiger partial charge in [-0.15, -0.1) is 44.8 Å². The highest BCUT2D eigenvalue weighted by atomic mass is 127. The zero-order valence-corrected chi connectivity index (χ0v) is 47.0. The molecule has 0 atom stereocenters. The van der Waals surface area contributed by atoms with Crippen LogP contribution in [-0.2, 0) is 4.79 Å². The van der Waals surface area contributed by atoms with Gasteiger partial charge in [-0.2, -0.15) is 22.2 Å². The minimum atomic E-state index is -1.72. The Balaban J connectivity index is -0.0000000346. The van der Waals surface area contributed by atoms with Crippen molar-refractivity contribution in [1.82, 2.24) is 0 Å². The summed E-state index contributed by atoms with van der Waals surface area (Å²) in [5, 5.41) is 0. The van der Waals surface area contributed by atoms with E-state index < -0.39 is 38.4 Å². The molecule has 0 amide bonds. The Labute approximate surface area is 387 Å². The zero-order valence-electron chi connectivity index (χ0n) is 32.1. The van der Waals surface area contributed by atoms with Crippen LogP contribution in [0.25, 0.3) is 0 Å². The highest BCUT2D eigenvalue weighted by molar-refractivity contribution is 14.1. The number of rotatable bonds is 10. The van der Waals surface area contributed by atoms with Gasteiger partial charge in [0.1, 0.15) is 0 Å². The summed E-state index contributed by atoms with van der Waals surface area (Å²) in [4.78, 5) is 13.1. The summed E-state index contributed by atoms with van der Waals surface area (Å²) in [6, 6.07) is 4.00. The first-order valence-electron chi connectivity index (χ1n) is 15.7. The molecular formula is C30H82Cl6I2N2OS2Si6. The summed E-state index contributed by atoms with van der Waals surface area (Å²) in [5.74, 6) is 0.838. The number of halogens is 8. The fourth-order valence-electron chi connectivity index (χ4n) is 1.96. The molecule has 3 nitrogen and oxygen atoms in total. The van der Waals surface area contributed by atoms with Crippen LogP contribution >= 0.6 is 137 Å². The van der Waals surface area contributed by atoms with Crippen molar-refractivity contribution in [2.45, 2.75) is 159 Å². The van der Waals surface area contributed by atoms with E-state index in [4.69, 9.17) is 75.5 Å². The fourth-order valence-corrected chi connectivity index (χ4v) is 6.04. The molecule has 0 spiro atoms. The molecule has 0 saturated heterocycles. The number of alkyl halides is 1. The van der Waals surface area contributed by atoms with Gasteiger partial charge in [-0.1, -0.05) is 151 Å². The quantitative estimate of drug-likeness (QED) is 0.0273. The van der Waals surface area contributed by atoms with Crippen molar-refractivity contribution in [2.24, 2.45) is 10.7 Å². The number of nitrogens with two attached hydrogens (primary N) is 1. The summed E-state index contributed by atoms with van der Waals surface area (Å²) in [5.41, 5.74) is 5.36. The highest BCUT2D eigenvalue weighted by Gasteiger charge is 2.12. The van der Waals surface area contributed by atoms with Crippen LogP contribution in [0.4, 0.5) is 0 Å². The van der Waals surface area contributed by atoms with Crippen LogP contribution < -0.4 is 5.73 Å². The number of hydrogen-bond acceptors (Lipinski definition) is 5. The van der Waals surface area contributed by atoms with Crippen LogP contribution in [0.1, 0.15) is 58.6 Å². The maximum Gasteiger partial charge on any atom is 0.326 e. The van der Waals surface area contributed by atoms with E-state index >= 15 is 0 Å². The predicted octanol–water partition coefficient (Wildman–Crippen LogP) is 16.2. The fraction of sp³-hybridized carbons (Fsp3) is 0.900. The second-order valence-corrected chi connectivity index (χ2v) is 50.2. The van der Waals surface area contributed by atoms with E-state index in [0.717, 1.165) is 21.7 Å². The van der Waals surface area contributed by atoms with E-state index in [0.29, 0.717) is 6.54 Å². The Morgan fingerprint density at radius 3 is 1.20 bits per heavy atom. The third-order valence-electron chi connectivity index (χ3n) is 3.45. The van der Waals surface area contributed by atoms with E-state index in [-0.39, 0.29) is 48.8 Å². The van der Waals surface area contributed by atoms with Gasteiger partial charge in [0.25, 0.3) is 0 Å². The van der Waals surface area contributed by atoms with Gasteiger partial charge in [-0.3, -0.25) is 0 Å². The smallest absolute Gasteiger partial charge is 0.326 e. The minimum Gasteiger partial charge on any atom is -0.330 e. The van der Waals surface area contributed by atoms with Crippen LogP contribution in [0, 0.1) is 0 Å². The molecule has 0 aromatic carbocycles. The van der Waals surface area contributed by atoms with E-state index in [1.165, 1.54) is 31.0 Å². The van der Waals surface area contributed by atoms with E-state index in [9.17, 15) is 4.79 Å². The molecule has 0 aromatic rings. The lowest BCUT2D eigenvalue weighted by Gasteiger charge is -2.13. The summed E-state index contributed by atoms with van der Waals surface area (Å²) in [6.45, 7) is 30.0. The van der Waals surface area contributed by atoms with Gasteiger partial charge in [0.2, 0.25) is 13.5 Å². The molecule has 2 N–H and O–H groups in total. The first kappa shape index (κ1) is 77.5. The molecular weight excluding hydrogens is 1100 g/mol. The van der Waals surface area contributed by atoms with Gasteiger partial charge < -0.3 is 5.73 Å². The maximum absolute atomic E-state index is 9.65. The molecule has 49 heavy (non-hydrogen) atoms. The van der Waals surface area contributed by atoms with Gasteiger partial charge in [0, 0.05) is 43.6 Å². The summed E-state index contributed by atoms with van der Waals surface area (Å²) in [7, 11) is -3.75. The number of hydrogen-bond donors (Lipinski definition) is 1. The Hall–Kier alpha value is 4.02. The van der Waals surface area contributed by atoms with Gasteiger partial charge in [-0.05, 0) is 84.4 Å². The van der Waals surface area contributed by atoms with Crippen LogP contribution in [0.3, 0.4) is 0 Å². The first-order valence-corrected chi connectivity index (χ1v) is 42.5. The topological polar surface area (TPSA) is 55.4 Å². The van der Waals surface area contributed by atoms with Gasteiger partial charge in [-0.25, -0.2) is 9.79 Å². The molecule has 0 saturated carbocycles.